The van der Waals surface area contributed by atoms with Crippen molar-refractivity contribution >= 4 is 10.8 Å². The van der Waals surface area contributed by atoms with Crippen LogP contribution in [0.4, 0.5) is 0 Å². The van der Waals surface area contributed by atoms with Crippen LogP contribution in [-0.2, 0) is 10.8 Å². The molecule has 9 heavy (non-hydrogen) atoms. The summed E-state index contributed by atoms with van der Waals surface area (Å²) in [6.45, 7) is 0.454. The minimum Gasteiger partial charge on any atom is -0.260 e. The fourth-order valence-corrected chi connectivity index (χ4v) is 0.919. The number of nitrogens with zero attached hydrogens (tertiary/aromatic N) is 3. The van der Waals surface area contributed by atoms with E-state index < -0.39 is 10.8 Å². The zero-order chi connectivity index (χ0) is 7.11. The van der Waals surface area contributed by atoms with Crippen molar-refractivity contribution in [2.24, 2.45) is 5.11 Å². The summed E-state index contributed by atoms with van der Waals surface area (Å²) in [5, 5.41) is 3.29. The minimum absolute atomic E-state index is 0.454. The van der Waals surface area contributed by atoms with E-state index in [0.29, 0.717) is 18.7 Å². The van der Waals surface area contributed by atoms with Crippen LogP contribution in [0.2, 0.25) is 0 Å². The zero-order valence-electron chi connectivity index (χ0n) is 5.28. The van der Waals surface area contributed by atoms with Crippen LogP contribution in [0.5, 0.6) is 0 Å². The van der Waals surface area contributed by atoms with Gasteiger partial charge in [-0.25, -0.2) is 0 Å². The van der Waals surface area contributed by atoms with Crippen molar-refractivity contribution in [1.82, 2.24) is 0 Å². The van der Waals surface area contributed by atoms with Crippen LogP contribution < -0.4 is 0 Å². The lowest BCUT2D eigenvalue weighted by atomic mass is 10.5. The second-order valence-electron chi connectivity index (χ2n) is 1.59. The molecular weight excluding hydrogens is 138 g/mol. The number of azide groups is 1. The number of hydrogen-bond acceptors (Lipinski definition) is 2. The highest BCUT2D eigenvalue weighted by molar-refractivity contribution is 7.84. The molecule has 0 aliphatic heterocycles. The summed E-state index contributed by atoms with van der Waals surface area (Å²) in [6.07, 6.45) is 2.35. The third kappa shape index (κ3) is 7.46. The Balaban J connectivity index is 3.10. The third-order valence-electron chi connectivity index (χ3n) is 0.753. The standard InChI is InChI=1S/C4H9N3OS/c1-9(8)4-2-3-6-7-5/h2-4H2,1H3. The number of hydrogen-bond donors (Lipinski definition) is 0. The Morgan fingerprint density at radius 3 is 2.89 bits per heavy atom. The molecule has 0 heterocycles. The van der Waals surface area contributed by atoms with Gasteiger partial charge >= 0.3 is 0 Å². The SMILES string of the molecule is CS(=O)CCCN=[N+]=[N-]. The largest absolute Gasteiger partial charge is 0.260 e. The Bertz CT molecular complexity index is 139. The molecule has 0 amide bonds. The van der Waals surface area contributed by atoms with Gasteiger partial charge in [-0.05, 0) is 12.0 Å². The van der Waals surface area contributed by atoms with Crippen LogP contribution in [-0.4, -0.2) is 22.8 Å². The summed E-state index contributed by atoms with van der Waals surface area (Å²) in [5.74, 6) is 0.624. The average molecular weight is 147 g/mol. The summed E-state index contributed by atoms with van der Waals surface area (Å²) < 4.78 is 10.4. The van der Waals surface area contributed by atoms with Crippen molar-refractivity contribution in [2.45, 2.75) is 6.42 Å². The molecule has 0 aromatic carbocycles. The lowest BCUT2D eigenvalue weighted by Crippen LogP contribution is -1.94. The van der Waals surface area contributed by atoms with Gasteiger partial charge in [0.1, 0.15) is 0 Å². The van der Waals surface area contributed by atoms with Crippen LogP contribution >= 0.6 is 0 Å². The molecule has 0 aliphatic rings. The highest BCUT2D eigenvalue weighted by Gasteiger charge is 1.87. The molecule has 0 rings (SSSR count). The molecule has 0 spiro atoms. The Morgan fingerprint density at radius 2 is 2.44 bits per heavy atom. The van der Waals surface area contributed by atoms with Crippen LogP contribution in [0, 0.1) is 0 Å². The summed E-state index contributed by atoms with van der Waals surface area (Å²) in [4.78, 5) is 2.56. The van der Waals surface area contributed by atoms with E-state index in [1.54, 1.807) is 6.26 Å². The Morgan fingerprint density at radius 1 is 1.78 bits per heavy atom. The maximum absolute atomic E-state index is 10.4. The van der Waals surface area contributed by atoms with Crippen molar-refractivity contribution in [2.75, 3.05) is 18.6 Å². The normalized spacial score (nSPS) is 12.1. The van der Waals surface area contributed by atoms with E-state index in [2.05, 4.69) is 10.0 Å². The maximum atomic E-state index is 10.4. The smallest absolute Gasteiger partial charge is 0.0266 e. The zero-order valence-corrected chi connectivity index (χ0v) is 6.10. The van der Waals surface area contributed by atoms with Crippen LogP contribution in [0.25, 0.3) is 10.4 Å². The average Bonchev–Trinajstić information content (AvgIpc) is 1.80. The molecule has 52 valence electrons. The molecule has 0 fully saturated rings. The maximum Gasteiger partial charge on any atom is 0.0266 e. The summed E-state index contributed by atoms with van der Waals surface area (Å²) >= 11 is 0. The predicted octanol–water partition coefficient (Wildman–Crippen LogP) is 1.07. The van der Waals surface area contributed by atoms with E-state index in [0.717, 1.165) is 0 Å². The molecule has 0 aromatic rings. The van der Waals surface area contributed by atoms with E-state index in [1.165, 1.54) is 0 Å². The van der Waals surface area contributed by atoms with E-state index in [9.17, 15) is 4.21 Å². The van der Waals surface area contributed by atoms with Gasteiger partial charge in [0, 0.05) is 34.3 Å². The molecule has 5 heteroatoms. The highest BCUT2D eigenvalue weighted by atomic mass is 32.2. The topological polar surface area (TPSA) is 65.8 Å². The molecule has 0 radical (unpaired) electrons. The fraction of sp³-hybridized carbons (Fsp3) is 1.00. The van der Waals surface area contributed by atoms with Gasteiger partial charge in [0.2, 0.25) is 0 Å². The number of rotatable bonds is 4. The van der Waals surface area contributed by atoms with Crippen molar-refractivity contribution < 1.29 is 4.21 Å². The van der Waals surface area contributed by atoms with Gasteiger partial charge in [0.25, 0.3) is 0 Å². The first-order valence-corrected chi connectivity index (χ1v) is 4.31. The van der Waals surface area contributed by atoms with E-state index in [1.807, 2.05) is 0 Å². The van der Waals surface area contributed by atoms with Gasteiger partial charge in [-0.2, -0.15) is 0 Å². The van der Waals surface area contributed by atoms with Crippen molar-refractivity contribution in [3.8, 4) is 0 Å². The third-order valence-corrected chi connectivity index (χ3v) is 1.62. The monoisotopic (exact) mass is 147 g/mol. The lowest BCUT2D eigenvalue weighted by molar-refractivity contribution is 0.684. The first kappa shape index (κ1) is 8.46. The fourth-order valence-electron chi connectivity index (χ4n) is 0.383. The molecule has 0 aliphatic carbocycles. The van der Waals surface area contributed by atoms with Crippen molar-refractivity contribution in [3.63, 3.8) is 0 Å². The Kier molecular flexibility index (Phi) is 5.26. The minimum atomic E-state index is -0.752. The van der Waals surface area contributed by atoms with Gasteiger partial charge in [-0.15, -0.1) is 0 Å². The van der Waals surface area contributed by atoms with Crippen molar-refractivity contribution in [1.29, 1.82) is 0 Å². The molecule has 0 saturated carbocycles. The Labute approximate surface area is 56.3 Å². The first-order valence-electron chi connectivity index (χ1n) is 2.58. The van der Waals surface area contributed by atoms with E-state index >= 15 is 0 Å². The van der Waals surface area contributed by atoms with Crippen molar-refractivity contribution in [3.05, 3.63) is 10.4 Å². The molecule has 1 unspecified atom stereocenters. The van der Waals surface area contributed by atoms with E-state index in [4.69, 9.17) is 5.53 Å². The highest BCUT2D eigenvalue weighted by Crippen LogP contribution is 1.84. The van der Waals surface area contributed by atoms with Crippen LogP contribution in [0.3, 0.4) is 0 Å². The molecule has 0 bridgehead atoms. The van der Waals surface area contributed by atoms with Gasteiger partial charge in [0.05, 0.1) is 0 Å². The molecule has 0 aromatic heterocycles. The second-order valence-corrected chi connectivity index (χ2v) is 3.14. The van der Waals surface area contributed by atoms with Gasteiger partial charge in [-0.3, -0.25) is 4.21 Å². The molecule has 4 nitrogen and oxygen atoms in total. The first-order chi connectivity index (χ1) is 4.27. The molecule has 0 saturated heterocycles. The Hall–Kier alpha value is -0.540. The molecule has 0 N–H and O–H groups in total. The van der Waals surface area contributed by atoms with Gasteiger partial charge in [0.15, 0.2) is 0 Å². The van der Waals surface area contributed by atoms with Gasteiger partial charge < -0.3 is 0 Å². The molecular formula is C4H9N3OS. The predicted molar refractivity (Wildman–Crippen MR) is 37.6 cm³/mol. The second kappa shape index (κ2) is 5.59. The lowest BCUT2D eigenvalue weighted by Gasteiger charge is -1.88. The van der Waals surface area contributed by atoms with Crippen LogP contribution in [0.15, 0.2) is 5.11 Å². The quantitative estimate of drug-likeness (QED) is 0.254. The van der Waals surface area contributed by atoms with E-state index in [-0.39, 0.29) is 0 Å². The summed E-state index contributed by atoms with van der Waals surface area (Å²) in [5.41, 5.74) is 7.81. The summed E-state index contributed by atoms with van der Waals surface area (Å²) in [6, 6.07) is 0. The summed E-state index contributed by atoms with van der Waals surface area (Å²) in [7, 11) is -0.752. The molecule has 1 atom stereocenters. The van der Waals surface area contributed by atoms with Crippen LogP contribution in [0.1, 0.15) is 6.42 Å². The van der Waals surface area contributed by atoms with Gasteiger partial charge in [-0.1, -0.05) is 5.11 Å².